The number of anilines is 1. The number of amides is 2. The van der Waals surface area contributed by atoms with Crippen molar-refractivity contribution in [3.05, 3.63) is 47.2 Å². The number of rotatable bonds is 4. The molecule has 3 heterocycles. The second kappa shape index (κ2) is 9.00. The molecule has 0 radical (unpaired) electrons. The third kappa shape index (κ3) is 5.83. The molecule has 1 atom stereocenters. The van der Waals surface area contributed by atoms with Gasteiger partial charge in [0, 0.05) is 37.2 Å². The van der Waals surface area contributed by atoms with E-state index in [2.05, 4.69) is 15.3 Å². The van der Waals surface area contributed by atoms with Crippen molar-refractivity contribution in [1.29, 1.82) is 0 Å². The lowest BCUT2D eigenvalue weighted by molar-refractivity contribution is -0.121. The largest absolute Gasteiger partial charge is 0.447 e. The maximum absolute atomic E-state index is 12.8. The Kier molecular flexibility index (Phi) is 6.63. The third-order valence-corrected chi connectivity index (χ3v) is 5.25. The Hall–Kier alpha value is -2.33. The summed E-state index contributed by atoms with van der Waals surface area (Å²) in [6.07, 6.45) is 3.72. The number of carbonyl (C=O) groups is 2. The summed E-state index contributed by atoms with van der Waals surface area (Å²) in [5.41, 5.74) is -4.69. The molecule has 29 heavy (non-hydrogen) atoms. The van der Waals surface area contributed by atoms with Gasteiger partial charge in [0.2, 0.25) is 5.91 Å². The highest BCUT2D eigenvalue weighted by Crippen LogP contribution is 2.37. The Morgan fingerprint density at radius 1 is 1.24 bits per heavy atom. The lowest BCUT2D eigenvalue weighted by Gasteiger charge is -2.32. The summed E-state index contributed by atoms with van der Waals surface area (Å²) in [4.78, 5) is 34.4. The first-order chi connectivity index (χ1) is 13.7. The monoisotopic (exact) mass is 444 g/mol. The Morgan fingerprint density at radius 3 is 2.72 bits per heavy atom. The van der Waals surface area contributed by atoms with E-state index in [1.165, 1.54) is 29.4 Å². The number of carbonyl (C=O) groups excluding carboxylic acids is 2. The SMILES string of the molecule is O=C(Nc1ccc(Cl)cn1)C1CCCN(C(=O)c2cccnc2SC(F)(F)F)C1. The predicted octanol–water partition coefficient (Wildman–Crippen LogP) is 4.23. The van der Waals surface area contributed by atoms with Crippen LogP contribution in [0.4, 0.5) is 19.0 Å². The number of pyridine rings is 2. The molecule has 2 aromatic heterocycles. The van der Waals surface area contributed by atoms with Crippen LogP contribution in [0.1, 0.15) is 23.2 Å². The minimum Gasteiger partial charge on any atom is -0.338 e. The normalized spacial score (nSPS) is 17.1. The third-order valence-electron chi connectivity index (χ3n) is 4.27. The highest BCUT2D eigenvalue weighted by molar-refractivity contribution is 8.00. The summed E-state index contributed by atoms with van der Waals surface area (Å²) < 4.78 is 38.3. The van der Waals surface area contributed by atoms with Gasteiger partial charge in [-0.15, -0.1) is 0 Å². The molecule has 2 amide bonds. The maximum Gasteiger partial charge on any atom is 0.447 e. The number of piperidine rings is 1. The zero-order chi connectivity index (χ0) is 21.0. The molecule has 3 rings (SSSR count). The summed E-state index contributed by atoms with van der Waals surface area (Å²) >= 11 is 5.34. The number of hydrogen-bond donors (Lipinski definition) is 1. The Balaban J connectivity index is 1.70. The van der Waals surface area contributed by atoms with Crippen molar-refractivity contribution in [3.63, 3.8) is 0 Å². The van der Waals surface area contributed by atoms with Gasteiger partial charge in [0.1, 0.15) is 10.8 Å². The van der Waals surface area contributed by atoms with Gasteiger partial charge in [0.25, 0.3) is 5.91 Å². The van der Waals surface area contributed by atoms with Crippen LogP contribution in [0.5, 0.6) is 0 Å². The van der Waals surface area contributed by atoms with Crippen LogP contribution in [0.25, 0.3) is 0 Å². The number of nitrogens with zero attached hydrogens (tertiary/aromatic N) is 3. The van der Waals surface area contributed by atoms with Crippen molar-refractivity contribution in [2.75, 3.05) is 18.4 Å². The summed E-state index contributed by atoms with van der Waals surface area (Å²) in [5.74, 6) is -1.06. The molecule has 0 aliphatic carbocycles. The molecular weight excluding hydrogens is 429 g/mol. The van der Waals surface area contributed by atoms with E-state index in [0.717, 1.165) is 0 Å². The van der Waals surface area contributed by atoms with Crippen molar-refractivity contribution in [2.45, 2.75) is 23.4 Å². The second-order valence-electron chi connectivity index (χ2n) is 6.35. The first-order valence-electron chi connectivity index (χ1n) is 8.65. The minimum atomic E-state index is -4.56. The molecule has 0 spiro atoms. The van der Waals surface area contributed by atoms with Crippen LogP contribution in [0, 0.1) is 5.92 Å². The van der Waals surface area contributed by atoms with E-state index >= 15 is 0 Å². The van der Waals surface area contributed by atoms with Gasteiger partial charge in [-0.1, -0.05) is 11.6 Å². The van der Waals surface area contributed by atoms with Crippen molar-refractivity contribution in [1.82, 2.24) is 14.9 Å². The lowest BCUT2D eigenvalue weighted by atomic mass is 9.96. The Labute approximate surface area is 173 Å². The van der Waals surface area contributed by atoms with Crippen molar-refractivity contribution in [2.24, 2.45) is 5.92 Å². The molecular formula is C18H16ClF3N4O2S. The predicted molar refractivity (Wildman–Crippen MR) is 103 cm³/mol. The fourth-order valence-corrected chi connectivity index (χ4v) is 3.68. The number of thioether (sulfide) groups is 1. The standard InChI is InChI=1S/C18H16ClF3N4O2S/c19-12-5-6-14(24-9-12)25-15(27)11-3-2-8-26(10-11)17(28)13-4-1-7-23-16(13)29-18(20,21)22/h1,4-7,9,11H,2-3,8,10H2,(H,24,25,27). The van der Waals surface area contributed by atoms with E-state index in [4.69, 9.17) is 11.6 Å². The van der Waals surface area contributed by atoms with E-state index in [9.17, 15) is 22.8 Å². The summed E-state index contributed by atoms with van der Waals surface area (Å²) in [5, 5.41) is 2.70. The molecule has 154 valence electrons. The van der Waals surface area contributed by atoms with Crippen molar-refractivity contribution in [3.8, 4) is 0 Å². The van der Waals surface area contributed by atoms with Gasteiger partial charge in [-0.25, -0.2) is 9.97 Å². The van der Waals surface area contributed by atoms with E-state index in [1.54, 1.807) is 12.1 Å². The van der Waals surface area contributed by atoms with Gasteiger partial charge in [-0.3, -0.25) is 9.59 Å². The number of alkyl halides is 3. The molecule has 6 nitrogen and oxygen atoms in total. The molecule has 1 fully saturated rings. The maximum atomic E-state index is 12.8. The number of hydrogen-bond acceptors (Lipinski definition) is 5. The fraction of sp³-hybridized carbons (Fsp3) is 0.333. The summed E-state index contributed by atoms with van der Waals surface area (Å²) in [6, 6.07) is 5.87. The zero-order valence-corrected chi connectivity index (χ0v) is 16.5. The van der Waals surface area contributed by atoms with E-state index in [-0.39, 0.29) is 18.0 Å². The first kappa shape index (κ1) is 21.4. The van der Waals surface area contributed by atoms with Gasteiger partial charge >= 0.3 is 5.51 Å². The van der Waals surface area contributed by atoms with Crippen molar-refractivity contribution < 1.29 is 22.8 Å². The highest BCUT2D eigenvalue weighted by Gasteiger charge is 2.34. The molecule has 1 saturated heterocycles. The molecule has 1 unspecified atom stereocenters. The van der Waals surface area contributed by atoms with Crippen LogP contribution in [-0.4, -0.2) is 45.3 Å². The van der Waals surface area contributed by atoms with Gasteiger partial charge in [-0.05, 0) is 37.1 Å². The highest BCUT2D eigenvalue weighted by atomic mass is 35.5. The molecule has 0 bridgehead atoms. The molecule has 0 saturated carbocycles. The van der Waals surface area contributed by atoms with Crippen LogP contribution < -0.4 is 5.32 Å². The Bertz CT molecular complexity index is 895. The molecule has 0 aromatic carbocycles. The summed E-state index contributed by atoms with van der Waals surface area (Å²) in [7, 11) is 0. The van der Waals surface area contributed by atoms with Gasteiger partial charge in [-0.2, -0.15) is 13.2 Å². The van der Waals surface area contributed by atoms with Crippen LogP contribution in [-0.2, 0) is 4.79 Å². The lowest BCUT2D eigenvalue weighted by Crippen LogP contribution is -2.44. The van der Waals surface area contributed by atoms with Crippen LogP contribution in [0.15, 0.2) is 41.7 Å². The Morgan fingerprint density at radius 2 is 2.03 bits per heavy atom. The average molecular weight is 445 g/mol. The number of nitrogens with one attached hydrogen (secondary N) is 1. The zero-order valence-electron chi connectivity index (χ0n) is 14.9. The summed E-state index contributed by atoms with van der Waals surface area (Å²) in [6.45, 7) is 0.454. The smallest absolute Gasteiger partial charge is 0.338 e. The van der Waals surface area contributed by atoms with E-state index < -0.39 is 34.1 Å². The van der Waals surface area contributed by atoms with Crippen LogP contribution >= 0.6 is 23.4 Å². The minimum absolute atomic E-state index is 0.100. The molecule has 1 aliphatic heterocycles. The van der Waals surface area contributed by atoms with Gasteiger partial charge in [0.15, 0.2) is 0 Å². The topological polar surface area (TPSA) is 75.2 Å². The second-order valence-corrected chi connectivity index (χ2v) is 7.84. The van der Waals surface area contributed by atoms with Crippen molar-refractivity contribution >= 4 is 41.0 Å². The molecule has 2 aromatic rings. The average Bonchev–Trinajstić information content (AvgIpc) is 2.68. The fourth-order valence-electron chi connectivity index (χ4n) is 2.97. The number of likely N-dealkylation sites (tertiary alicyclic amines) is 1. The number of aromatic nitrogens is 2. The van der Waals surface area contributed by atoms with Crippen LogP contribution in [0.3, 0.4) is 0 Å². The van der Waals surface area contributed by atoms with Gasteiger partial charge < -0.3 is 10.2 Å². The van der Waals surface area contributed by atoms with E-state index in [0.29, 0.717) is 30.2 Å². The van der Waals surface area contributed by atoms with Gasteiger partial charge in [0.05, 0.1) is 16.5 Å². The van der Waals surface area contributed by atoms with E-state index in [1.807, 2.05) is 0 Å². The number of halogens is 4. The molecule has 1 aliphatic rings. The quantitative estimate of drug-likeness (QED) is 0.714. The van der Waals surface area contributed by atoms with Crippen LogP contribution in [0.2, 0.25) is 5.02 Å². The molecule has 11 heteroatoms. The molecule has 1 N–H and O–H groups in total. The first-order valence-corrected chi connectivity index (χ1v) is 9.85.